The third-order valence-electron chi connectivity index (χ3n) is 3.32. The van der Waals surface area contributed by atoms with E-state index >= 15 is 0 Å². The highest BCUT2D eigenvalue weighted by molar-refractivity contribution is 5.76. The molecule has 86 valence electrons. The number of hydrogen-bond acceptors (Lipinski definition) is 3. The summed E-state index contributed by atoms with van der Waals surface area (Å²) in [4.78, 5) is 11.5. The summed E-state index contributed by atoms with van der Waals surface area (Å²) in [5.41, 5.74) is 0. The number of nitrogens with one attached hydrogen (secondary N) is 1. The lowest BCUT2D eigenvalue weighted by Crippen LogP contribution is -2.35. The van der Waals surface area contributed by atoms with E-state index in [-0.39, 0.29) is 5.91 Å². The van der Waals surface area contributed by atoms with E-state index < -0.39 is 5.79 Å². The van der Waals surface area contributed by atoms with Gasteiger partial charge in [0.05, 0.1) is 0 Å². The van der Waals surface area contributed by atoms with Crippen molar-refractivity contribution >= 4 is 5.91 Å². The van der Waals surface area contributed by atoms with Crippen LogP contribution in [0.2, 0.25) is 0 Å². The van der Waals surface area contributed by atoms with Crippen molar-refractivity contribution in [3.8, 4) is 0 Å². The van der Waals surface area contributed by atoms with Gasteiger partial charge in [0.15, 0.2) is 5.79 Å². The first kappa shape index (κ1) is 10.9. The van der Waals surface area contributed by atoms with Crippen LogP contribution in [0.3, 0.4) is 0 Å². The molecule has 0 aliphatic heterocycles. The van der Waals surface area contributed by atoms with Gasteiger partial charge in [-0.25, -0.2) is 0 Å². The van der Waals surface area contributed by atoms with E-state index in [0.29, 0.717) is 31.2 Å². The Morgan fingerprint density at radius 3 is 2.33 bits per heavy atom. The van der Waals surface area contributed by atoms with Crippen molar-refractivity contribution in [2.45, 2.75) is 56.8 Å². The monoisotopic (exact) mass is 213 g/mol. The minimum atomic E-state index is -1.48. The highest BCUT2D eigenvalue weighted by Gasteiger charge is 2.32. The standard InChI is InChI=1S/C11H19NO3/c13-10(12-9-1-2-9)7-8-3-5-11(14,15)6-4-8/h8-9,14-15H,1-7H2,(H,12,13). The number of amides is 1. The number of carbonyl (C=O) groups is 1. The Morgan fingerprint density at radius 1 is 1.20 bits per heavy atom. The Bertz CT molecular complexity index is 238. The van der Waals surface area contributed by atoms with Gasteiger partial charge in [-0.1, -0.05) is 0 Å². The normalized spacial score (nSPS) is 26.3. The molecule has 3 N–H and O–H groups in total. The van der Waals surface area contributed by atoms with Gasteiger partial charge < -0.3 is 15.5 Å². The first-order valence-electron chi connectivity index (χ1n) is 5.79. The average Bonchev–Trinajstić information content (AvgIpc) is 2.92. The molecule has 2 aliphatic rings. The van der Waals surface area contributed by atoms with E-state index in [0.717, 1.165) is 25.7 Å². The van der Waals surface area contributed by atoms with Crippen LogP contribution in [0, 0.1) is 5.92 Å². The van der Waals surface area contributed by atoms with E-state index in [4.69, 9.17) is 0 Å². The molecule has 2 rings (SSSR count). The molecule has 1 amide bonds. The molecule has 0 heterocycles. The van der Waals surface area contributed by atoms with Gasteiger partial charge in [-0.2, -0.15) is 0 Å². The highest BCUT2D eigenvalue weighted by Crippen LogP contribution is 2.32. The molecule has 0 aromatic rings. The lowest BCUT2D eigenvalue weighted by atomic mass is 9.83. The zero-order valence-corrected chi connectivity index (χ0v) is 8.91. The maximum absolute atomic E-state index is 11.5. The molecule has 0 atom stereocenters. The van der Waals surface area contributed by atoms with Crippen molar-refractivity contribution < 1.29 is 15.0 Å². The molecule has 0 aromatic carbocycles. The fourth-order valence-corrected chi connectivity index (χ4v) is 2.12. The van der Waals surface area contributed by atoms with E-state index in [1.165, 1.54) is 0 Å². The highest BCUT2D eigenvalue weighted by atomic mass is 16.5. The van der Waals surface area contributed by atoms with Crippen LogP contribution in [-0.4, -0.2) is 27.9 Å². The smallest absolute Gasteiger partial charge is 0.220 e. The minimum Gasteiger partial charge on any atom is -0.366 e. The van der Waals surface area contributed by atoms with Crippen molar-refractivity contribution in [3.63, 3.8) is 0 Å². The number of rotatable bonds is 3. The molecule has 0 spiro atoms. The molecule has 4 nitrogen and oxygen atoms in total. The average molecular weight is 213 g/mol. The number of hydrogen-bond donors (Lipinski definition) is 3. The SMILES string of the molecule is O=C(CC1CCC(O)(O)CC1)NC1CC1. The Morgan fingerprint density at radius 2 is 1.80 bits per heavy atom. The van der Waals surface area contributed by atoms with Gasteiger partial charge >= 0.3 is 0 Å². The van der Waals surface area contributed by atoms with Crippen molar-refractivity contribution in [1.82, 2.24) is 5.32 Å². The maximum Gasteiger partial charge on any atom is 0.220 e. The van der Waals surface area contributed by atoms with E-state index in [9.17, 15) is 15.0 Å². The summed E-state index contributed by atoms with van der Waals surface area (Å²) < 4.78 is 0. The van der Waals surface area contributed by atoms with Crippen molar-refractivity contribution in [2.75, 3.05) is 0 Å². The molecule has 2 saturated carbocycles. The molecule has 2 aliphatic carbocycles. The minimum absolute atomic E-state index is 0.130. The van der Waals surface area contributed by atoms with Crippen LogP contribution in [0.5, 0.6) is 0 Å². The predicted octanol–water partition coefficient (Wildman–Crippen LogP) is 0.526. The number of aliphatic hydroxyl groups is 2. The van der Waals surface area contributed by atoms with Gasteiger partial charge in [0.1, 0.15) is 0 Å². The molecule has 0 saturated heterocycles. The van der Waals surface area contributed by atoms with Crippen LogP contribution in [0.25, 0.3) is 0 Å². The second-order valence-electron chi connectivity index (χ2n) is 4.97. The van der Waals surface area contributed by atoms with Crippen molar-refractivity contribution in [1.29, 1.82) is 0 Å². The van der Waals surface area contributed by atoms with Gasteiger partial charge in [0.2, 0.25) is 5.91 Å². The molecule has 0 bridgehead atoms. The molecule has 4 heteroatoms. The molecular weight excluding hydrogens is 194 g/mol. The first-order chi connectivity index (χ1) is 7.05. The lowest BCUT2D eigenvalue weighted by molar-refractivity contribution is -0.186. The third kappa shape index (κ3) is 3.47. The summed E-state index contributed by atoms with van der Waals surface area (Å²) in [5, 5.41) is 21.6. The van der Waals surface area contributed by atoms with Crippen LogP contribution in [0.4, 0.5) is 0 Å². The second-order valence-corrected chi connectivity index (χ2v) is 4.97. The number of carbonyl (C=O) groups excluding carboxylic acids is 1. The summed E-state index contributed by atoms with van der Waals surface area (Å²) in [6, 6.07) is 0.427. The van der Waals surface area contributed by atoms with Crippen molar-refractivity contribution in [2.24, 2.45) is 5.92 Å². The summed E-state index contributed by atoms with van der Waals surface area (Å²) in [6.07, 6.45) is 5.06. The van der Waals surface area contributed by atoms with Crippen LogP contribution in [0.1, 0.15) is 44.9 Å². The third-order valence-corrected chi connectivity index (χ3v) is 3.32. The van der Waals surface area contributed by atoms with Gasteiger partial charge in [0, 0.05) is 25.3 Å². The molecule has 0 aromatic heterocycles. The second kappa shape index (κ2) is 4.10. The largest absolute Gasteiger partial charge is 0.366 e. The molecule has 15 heavy (non-hydrogen) atoms. The van der Waals surface area contributed by atoms with Gasteiger partial charge in [-0.3, -0.25) is 4.79 Å². The zero-order chi connectivity index (χ0) is 10.9. The summed E-state index contributed by atoms with van der Waals surface area (Å²) in [6.45, 7) is 0. The Kier molecular flexibility index (Phi) is 2.98. The molecule has 0 unspecified atom stereocenters. The predicted molar refractivity (Wildman–Crippen MR) is 54.9 cm³/mol. The van der Waals surface area contributed by atoms with Crippen LogP contribution in [-0.2, 0) is 4.79 Å². The summed E-state index contributed by atoms with van der Waals surface area (Å²) in [5.74, 6) is -1.02. The van der Waals surface area contributed by atoms with Gasteiger partial charge in [0.25, 0.3) is 0 Å². The fourth-order valence-electron chi connectivity index (χ4n) is 2.12. The Balaban J connectivity index is 1.69. The maximum atomic E-state index is 11.5. The molecule has 2 fully saturated rings. The lowest BCUT2D eigenvalue weighted by Gasteiger charge is -2.31. The Hall–Kier alpha value is -0.610. The van der Waals surface area contributed by atoms with Crippen LogP contribution in [0.15, 0.2) is 0 Å². The van der Waals surface area contributed by atoms with E-state index in [1.807, 2.05) is 0 Å². The zero-order valence-electron chi connectivity index (χ0n) is 8.91. The van der Waals surface area contributed by atoms with E-state index in [2.05, 4.69) is 5.32 Å². The van der Waals surface area contributed by atoms with Crippen molar-refractivity contribution in [3.05, 3.63) is 0 Å². The van der Waals surface area contributed by atoms with Crippen LogP contribution < -0.4 is 5.32 Å². The van der Waals surface area contributed by atoms with Gasteiger partial charge in [-0.15, -0.1) is 0 Å². The topological polar surface area (TPSA) is 69.6 Å². The Labute approximate surface area is 89.7 Å². The molecular formula is C11H19NO3. The first-order valence-corrected chi connectivity index (χ1v) is 5.79. The molecule has 0 radical (unpaired) electrons. The quantitative estimate of drug-likeness (QED) is 0.599. The van der Waals surface area contributed by atoms with Crippen LogP contribution >= 0.6 is 0 Å². The van der Waals surface area contributed by atoms with Gasteiger partial charge in [-0.05, 0) is 31.6 Å². The summed E-state index contributed by atoms with van der Waals surface area (Å²) >= 11 is 0. The van der Waals surface area contributed by atoms with E-state index in [1.54, 1.807) is 0 Å². The summed E-state index contributed by atoms with van der Waals surface area (Å²) in [7, 11) is 0. The fraction of sp³-hybridized carbons (Fsp3) is 0.909.